The third-order valence-electron chi connectivity index (χ3n) is 5.04. The Balaban J connectivity index is 1.83. The highest BCUT2D eigenvalue weighted by Gasteiger charge is 2.50. The van der Waals surface area contributed by atoms with E-state index in [4.69, 9.17) is 10.5 Å². The molecule has 20 heavy (non-hydrogen) atoms. The molecule has 2 saturated carbocycles. The van der Waals surface area contributed by atoms with Gasteiger partial charge in [-0.2, -0.15) is 0 Å². The molecule has 0 spiro atoms. The predicted molar refractivity (Wildman–Crippen MR) is 78.7 cm³/mol. The first-order chi connectivity index (χ1) is 9.63. The molecule has 2 aliphatic rings. The lowest BCUT2D eigenvalue weighted by atomic mass is 9.84. The van der Waals surface area contributed by atoms with Crippen molar-refractivity contribution >= 4 is 11.6 Å². The highest BCUT2D eigenvalue weighted by molar-refractivity contribution is 5.96. The molecule has 1 aromatic carbocycles. The lowest BCUT2D eigenvalue weighted by molar-refractivity contribution is -0.124. The van der Waals surface area contributed by atoms with Crippen LogP contribution in [0.1, 0.15) is 19.3 Å². The lowest BCUT2D eigenvalue weighted by Gasteiger charge is -2.31. The smallest absolute Gasteiger partial charge is 0.231 e. The van der Waals surface area contributed by atoms with Crippen LogP contribution in [0.3, 0.4) is 0 Å². The van der Waals surface area contributed by atoms with E-state index >= 15 is 0 Å². The summed E-state index contributed by atoms with van der Waals surface area (Å²) in [6.45, 7) is 0. The molecule has 1 amide bonds. The Labute approximate surface area is 119 Å². The van der Waals surface area contributed by atoms with Crippen molar-refractivity contribution in [1.29, 1.82) is 0 Å². The van der Waals surface area contributed by atoms with Gasteiger partial charge in [-0.25, -0.2) is 0 Å². The van der Waals surface area contributed by atoms with Crippen molar-refractivity contribution < 1.29 is 9.53 Å². The molecule has 2 fully saturated rings. The molecule has 2 bridgehead atoms. The van der Waals surface area contributed by atoms with Crippen molar-refractivity contribution in [3.05, 3.63) is 24.3 Å². The fourth-order valence-corrected chi connectivity index (χ4v) is 3.95. The van der Waals surface area contributed by atoms with Crippen molar-refractivity contribution in [2.75, 3.05) is 19.1 Å². The average Bonchev–Trinajstić information content (AvgIpc) is 3.06. The van der Waals surface area contributed by atoms with Gasteiger partial charge in [-0.05, 0) is 43.2 Å². The number of fused-ring (bicyclic) bond motifs is 2. The zero-order chi connectivity index (χ0) is 14.3. The fraction of sp³-hybridized carbons (Fsp3) is 0.562. The van der Waals surface area contributed by atoms with Crippen LogP contribution in [0, 0.1) is 17.8 Å². The van der Waals surface area contributed by atoms with E-state index in [0.717, 1.165) is 24.3 Å². The number of ether oxygens (including phenoxy) is 1. The molecule has 4 atom stereocenters. The molecular formula is C16H22N2O2. The van der Waals surface area contributed by atoms with E-state index in [1.54, 1.807) is 12.0 Å². The summed E-state index contributed by atoms with van der Waals surface area (Å²) < 4.78 is 5.34. The molecule has 4 nitrogen and oxygen atoms in total. The Kier molecular flexibility index (Phi) is 3.42. The summed E-state index contributed by atoms with van der Waals surface area (Å²) in [5.74, 6) is 1.85. The maximum absolute atomic E-state index is 12.8. The zero-order valence-corrected chi connectivity index (χ0v) is 12.1. The molecule has 4 heteroatoms. The Hall–Kier alpha value is -1.55. The van der Waals surface area contributed by atoms with Crippen LogP contribution in [-0.4, -0.2) is 26.1 Å². The number of benzene rings is 1. The number of hydrogen-bond donors (Lipinski definition) is 1. The number of nitrogens with two attached hydrogens (primary N) is 1. The number of carbonyl (C=O) groups excluding carboxylic acids is 1. The fourth-order valence-electron chi connectivity index (χ4n) is 3.95. The number of amides is 1. The first-order valence-electron chi connectivity index (χ1n) is 7.29. The Morgan fingerprint density at radius 2 is 2.00 bits per heavy atom. The summed E-state index contributed by atoms with van der Waals surface area (Å²) in [5.41, 5.74) is 7.09. The summed E-state index contributed by atoms with van der Waals surface area (Å²) >= 11 is 0. The number of para-hydroxylation sites is 2. The van der Waals surface area contributed by atoms with E-state index < -0.39 is 0 Å². The first-order valence-corrected chi connectivity index (χ1v) is 7.29. The molecule has 0 aliphatic heterocycles. The van der Waals surface area contributed by atoms with Crippen LogP contribution in [0.25, 0.3) is 0 Å². The standard InChI is InChI=1S/C16H22N2O2/c1-18(12-5-3-4-6-13(12)20-2)16(19)14-10-7-8-11(9-10)15(14)17/h3-6,10-11,14-15H,7-9,17H2,1-2H3. The van der Waals surface area contributed by atoms with Gasteiger partial charge in [-0.15, -0.1) is 0 Å². The van der Waals surface area contributed by atoms with Gasteiger partial charge in [0.15, 0.2) is 0 Å². The van der Waals surface area contributed by atoms with Crippen LogP contribution in [0.5, 0.6) is 5.75 Å². The van der Waals surface area contributed by atoms with E-state index in [1.165, 1.54) is 6.42 Å². The third-order valence-corrected chi connectivity index (χ3v) is 5.04. The molecule has 0 heterocycles. The highest BCUT2D eigenvalue weighted by Crippen LogP contribution is 2.48. The largest absolute Gasteiger partial charge is 0.495 e. The number of nitrogens with zero attached hydrogens (tertiary/aromatic N) is 1. The van der Waals surface area contributed by atoms with E-state index in [-0.39, 0.29) is 17.9 Å². The molecular weight excluding hydrogens is 252 g/mol. The Bertz CT molecular complexity index is 515. The monoisotopic (exact) mass is 274 g/mol. The van der Waals surface area contributed by atoms with Crippen LogP contribution >= 0.6 is 0 Å². The minimum atomic E-state index is -0.0244. The van der Waals surface area contributed by atoms with Gasteiger partial charge in [0.05, 0.1) is 18.7 Å². The quantitative estimate of drug-likeness (QED) is 0.917. The van der Waals surface area contributed by atoms with Crippen LogP contribution in [0.15, 0.2) is 24.3 Å². The molecule has 2 N–H and O–H groups in total. The van der Waals surface area contributed by atoms with E-state index in [0.29, 0.717) is 11.8 Å². The van der Waals surface area contributed by atoms with Crippen molar-refractivity contribution in [2.24, 2.45) is 23.5 Å². The van der Waals surface area contributed by atoms with Crippen LogP contribution < -0.4 is 15.4 Å². The van der Waals surface area contributed by atoms with Crippen LogP contribution in [-0.2, 0) is 4.79 Å². The molecule has 0 saturated heterocycles. The lowest BCUT2D eigenvalue weighted by Crippen LogP contribution is -2.46. The number of methoxy groups -OCH3 is 1. The van der Waals surface area contributed by atoms with Gasteiger partial charge in [-0.1, -0.05) is 12.1 Å². The second kappa shape index (κ2) is 5.09. The average molecular weight is 274 g/mol. The van der Waals surface area contributed by atoms with Crippen molar-refractivity contribution in [2.45, 2.75) is 25.3 Å². The van der Waals surface area contributed by atoms with Gasteiger partial charge in [0.1, 0.15) is 5.75 Å². The van der Waals surface area contributed by atoms with Crippen molar-refractivity contribution in [3.63, 3.8) is 0 Å². The second-order valence-electron chi connectivity index (χ2n) is 6.01. The minimum absolute atomic E-state index is 0.0244. The molecule has 108 valence electrons. The summed E-state index contributed by atoms with van der Waals surface area (Å²) in [7, 11) is 3.44. The van der Waals surface area contributed by atoms with E-state index in [9.17, 15) is 4.79 Å². The zero-order valence-electron chi connectivity index (χ0n) is 12.1. The predicted octanol–water partition coefficient (Wildman–Crippen LogP) is 2.03. The van der Waals surface area contributed by atoms with Gasteiger partial charge in [-0.3, -0.25) is 4.79 Å². The van der Waals surface area contributed by atoms with E-state index in [1.807, 2.05) is 31.3 Å². The summed E-state index contributed by atoms with van der Waals surface area (Å²) in [5, 5.41) is 0. The second-order valence-corrected chi connectivity index (χ2v) is 6.01. The van der Waals surface area contributed by atoms with Gasteiger partial charge in [0.2, 0.25) is 5.91 Å². The SMILES string of the molecule is COc1ccccc1N(C)C(=O)C1C2CCC(C2)C1N. The van der Waals surface area contributed by atoms with Gasteiger partial charge in [0.25, 0.3) is 0 Å². The minimum Gasteiger partial charge on any atom is -0.495 e. The third kappa shape index (κ3) is 1.99. The molecule has 0 aromatic heterocycles. The first kappa shape index (κ1) is 13.4. The molecule has 4 unspecified atom stereocenters. The summed E-state index contributed by atoms with van der Waals surface area (Å²) in [6.07, 6.45) is 3.46. The Morgan fingerprint density at radius 3 is 2.65 bits per heavy atom. The maximum Gasteiger partial charge on any atom is 0.231 e. The summed E-state index contributed by atoms with van der Waals surface area (Å²) in [6, 6.07) is 7.64. The normalized spacial score (nSPS) is 31.4. The number of rotatable bonds is 3. The van der Waals surface area contributed by atoms with Crippen LogP contribution in [0.4, 0.5) is 5.69 Å². The van der Waals surface area contributed by atoms with Crippen molar-refractivity contribution in [3.8, 4) is 5.75 Å². The topological polar surface area (TPSA) is 55.6 Å². The van der Waals surface area contributed by atoms with Crippen LogP contribution in [0.2, 0.25) is 0 Å². The molecule has 1 aromatic rings. The molecule has 3 rings (SSSR count). The number of carbonyl (C=O) groups is 1. The van der Waals surface area contributed by atoms with Gasteiger partial charge < -0.3 is 15.4 Å². The Morgan fingerprint density at radius 1 is 1.30 bits per heavy atom. The molecule has 0 radical (unpaired) electrons. The highest BCUT2D eigenvalue weighted by atomic mass is 16.5. The van der Waals surface area contributed by atoms with E-state index in [2.05, 4.69) is 0 Å². The summed E-state index contributed by atoms with van der Waals surface area (Å²) in [4.78, 5) is 14.5. The maximum atomic E-state index is 12.8. The number of anilines is 1. The number of hydrogen-bond acceptors (Lipinski definition) is 3. The van der Waals surface area contributed by atoms with Gasteiger partial charge >= 0.3 is 0 Å². The molecule has 2 aliphatic carbocycles. The van der Waals surface area contributed by atoms with Gasteiger partial charge in [0, 0.05) is 13.1 Å². The van der Waals surface area contributed by atoms with Crippen molar-refractivity contribution in [1.82, 2.24) is 0 Å².